The minimum atomic E-state index is -0.242. The normalized spacial score (nSPS) is 10.5. The molecule has 0 aliphatic carbocycles. The second-order valence-electron chi connectivity index (χ2n) is 5.22. The third kappa shape index (κ3) is 6.15. The first-order valence-electron chi connectivity index (χ1n) is 7.80. The zero-order valence-corrected chi connectivity index (χ0v) is 15.8. The van der Waals surface area contributed by atoms with Gasteiger partial charge in [-0.3, -0.25) is 0 Å². The standard InChI is InChI=1S/C19H21BrN2O3/c1-24-17-8-5-15(13-18(17)25-2)10-12-22-19(23)21-11-9-14-3-6-16(20)7-4-14/h3-9,11,13H,10,12H2,1-2H3,(H2,21,22,23)/b11-9+. The van der Waals surface area contributed by atoms with Crippen LogP contribution in [0.4, 0.5) is 4.79 Å². The Morgan fingerprint density at radius 1 is 1.08 bits per heavy atom. The topological polar surface area (TPSA) is 59.6 Å². The van der Waals surface area contributed by atoms with E-state index in [1.807, 2.05) is 48.5 Å². The van der Waals surface area contributed by atoms with Crippen LogP contribution in [0, 0.1) is 0 Å². The first kappa shape index (κ1) is 18.9. The lowest BCUT2D eigenvalue weighted by atomic mass is 10.1. The van der Waals surface area contributed by atoms with Crippen molar-refractivity contribution >= 4 is 28.0 Å². The maximum absolute atomic E-state index is 11.8. The Morgan fingerprint density at radius 2 is 1.80 bits per heavy atom. The summed E-state index contributed by atoms with van der Waals surface area (Å²) in [6, 6.07) is 13.3. The molecule has 0 bridgehead atoms. The van der Waals surface area contributed by atoms with Gasteiger partial charge in [0.15, 0.2) is 11.5 Å². The highest BCUT2D eigenvalue weighted by Gasteiger charge is 2.05. The van der Waals surface area contributed by atoms with E-state index in [1.165, 1.54) is 0 Å². The third-order valence-corrected chi connectivity index (χ3v) is 4.04. The summed E-state index contributed by atoms with van der Waals surface area (Å²) in [7, 11) is 3.20. The van der Waals surface area contributed by atoms with Crippen LogP contribution in [-0.2, 0) is 6.42 Å². The minimum absolute atomic E-state index is 0.242. The number of nitrogens with one attached hydrogen (secondary N) is 2. The Morgan fingerprint density at radius 3 is 2.48 bits per heavy atom. The van der Waals surface area contributed by atoms with Gasteiger partial charge in [0.25, 0.3) is 0 Å². The second-order valence-corrected chi connectivity index (χ2v) is 6.14. The van der Waals surface area contributed by atoms with Crippen molar-refractivity contribution in [3.8, 4) is 11.5 Å². The van der Waals surface area contributed by atoms with Crippen LogP contribution in [-0.4, -0.2) is 26.8 Å². The van der Waals surface area contributed by atoms with E-state index >= 15 is 0 Å². The summed E-state index contributed by atoms with van der Waals surface area (Å²) < 4.78 is 11.5. The highest BCUT2D eigenvalue weighted by atomic mass is 79.9. The molecule has 132 valence electrons. The summed E-state index contributed by atoms with van der Waals surface area (Å²) in [4.78, 5) is 11.8. The molecule has 6 heteroatoms. The van der Waals surface area contributed by atoms with Crippen molar-refractivity contribution < 1.29 is 14.3 Å². The van der Waals surface area contributed by atoms with Gasteiger partial charge in [-0.05, 0) is 47.9 Å². The van der Waals surface area contributed by atoms with E-state index in [0.717, 1.165) is 15.6 Å². The zero-order chi connectivity index (χ0) is 18.1. The van der Waals surface area contributed by atoms with Crippen molar-refractivity contribution in [3.05, 3.63) is 64.3 Å². The summed E-state index contributed by atoms with van der Waals surface area (Å²) in [6.45, 7) is 0.521. The molecule has 0 unspecified atom stereocenters. The van der Waals surface area contributed by atoms with Crippen LogP contribution in [0.15, 0.2) is 53.1 Å². The van der Waals surface area contributed by atoms with Gasteiger partial charge in [-0.2, -0.15) is 0 Å². The van der Waals surface area contributed by atoms with E-state index < -0.39 is 0 Å². The summed E-state index contributed by atoms with van der Waals surface area (Å²) in [5, 5.41) is 5.50. The van der Waals surface area contributed by atoms with Gasteiger partial charge in [0, 0.05) is 17.2 Å². The quantitative estimate of drug-likeness (QED) is 0.733. The minimum Gasteiger partial charge on any atom is -0.493 e. The largest absolute Gasteiger partial charge is 0.493 e. The van der Waals surface area contributed by atoms with Gasteiger partial charge in [0.2, 0.25) is 0 Å². The van der Waals surface area contributed by atoms with E-state index in [4.69, 9.17) is 9.47 Å². The van der Waals surface area contributed by atoms with Crippen LogP contribution < -0.4 is 20.1 Å². The third-order valence-electron chi connectivity index (χ3n) is 3.51. The lowest BCUT2D eigenvalue weighted by Crippen LogP contribution is -2.33. The number of carbonyl (C=O) groups is 1. The fourth-order valence-electron chi connectivity index (χ4n) is 2.20. The molecule has 0 heterocycles. The molecule has 2 amide bonds. The summed E-state index contributed by atoms with van der Waals surface area (Å²) in [6.07, 6.45) is 4.15. The van der Waals surface area contributed by atoms with Crippen LogP contribution in [0.2, 0.25) is 0 Å². The van der Waals surface area contributed by atoms with E-state index in [1.54, 1.807) is 20.4 Å². The van der Waals surface area contributed by atoms with E-state index in [-0.39, 0.29) is 6.03 Å². The van der Waals surface area contributed by atoms with E-state index in [9.17, 15) is 4.79 Å². The molecule has 0 spiro atoms. The molecule has 0 radical (unpaired) electrons. The Labute approximate surface area is 156 Å². The summed E-state index contributed by atoms with van der Waals surface area (Å²) in [5.41, 5.74) is 2.07. The van der Waals surface area contributed by atoms with Crippen molar-refractivity contribution in [3.63, 3.8) is 0 Å². The number of rotatable bonds is 7. The molecule has 0 aliphatic heterocycles. The van der Waals surface area contributed by atoms with Crippen LogP contribution >= 0.6 is 15.9 Å². The first-order valence-corrected chi connectivity index (χ1v) is 8.59. The van der Waals surface area contributed by atoms with Crippen LogP contribution in [0.1, 0.15) is 11.1 Å². The molecular weight excluding hydrogens is 384 g/mol. The smallest absolute Gasteiger partial charge is 0.318 e. The number of ether oxygens (including phenoxy) is 2. The molecule has 0 saturated heterocycles. The molecule has 0 fully saturated rings. The lowest BCUT2D eigenvalue weighted by molar-refractivity contribution is 0.244. The number of urea groups is 1. The number of methoxy groups -OCH3 is 2. The average molecular weight is 405 g/mol. The molecule has 0 aromatic heterocycles. The number of amides is 2. The molecule has 0 atom stereocenters. The van der Waals surface area contributed by atoms with Gasteiger partial charge in [0.1, 0.15) is 0 Å². The maximum Gasteiger partial charge on any atom is 0.318 e. The monoisotopic (exact) mass is 404 g/mol. The zero-order valence-electron chi connectivity index (χ0n) is 14.2. The fourth-order valence-corrected chi connectivity index (χ4v) is 2.46. The van der Waals surface area contributed by atoms with Crippen LogP contribution in [0.3, 0.4) is 0 Å². The van der Waals surface area contributed by atoms with Crippen molar-refractivity contribution in [2.75, 3.05) is 20.8 Å². The van der Waals surface area contributed by atoms with Gasteiger partial charge >= 0.3 is 6.03 Å². The van der Waals surface area contributed by atoms with Crippen molar-refractivity contribution in [2.45, 2.75) is 6.42 Å². The fraction of sp³-hybridized carbons (Fsp3) is 0.211. The summed E-state index contributed by atoms with van der Waals surface area (Å²) in [5.74, 6) is 1.37. The predicted molar refractivity (Wildman–Crippen MR) is 103 cm³/mol. The van der Waals surface area contributed by atoms with Gasteiger partial charge in [-0.25, -0.2) is 4.79 Å². The Balaban J connectivity index is 1.76. The second kappa shape index (κ2) is 9.74. The summed E-state index contributed by atoms with van der Waals surface area (Å²) >= 11 is 3.38. The molecule has 0 saturated carbocycles. The highest BCUT2D eigenvalue weighted by Crippen LogP contribution is 2.27. The SMILES string of the molecule is COc1ccc(CCNC(=O)N/C=C/c2ccc(Br)cc2)cc1OC. The van der Waals surface area contributed by atoms with E-state index in [0.29, 0.717) is 24.5 Å². The number of benzene rings is 2. The molecule has 2 aromatic rings. The number of carbonyl (C=O) groups excluding carboxylic acids is 1. The Kier molecular flexibility index (Phi) is 7.35. The number of halogens is 1. The van der Waals surface area contributed by atoms with E-state index in [2.05, 4.69) is 26.6 Å². The molecular formula is C19H21BrN2O3. The lowest BCUT2D eigenvalue weighted by Gasteiger charge is -2.10. The van der Waals surface area contributed by atoms with Gasteiger partial charge < -0.3 is 20.1 Å². The maximum atomic E-state index is 11.8. The predicted octanol–water partition coefficient (Wildman–Crippen LogP) is 3.98. The average Bonchev–Trinajstić information content (AvgIpc) is 2.63. The van der Waals surface area contributed by atoms with Crippen molar-refractivity contribution in [2.24, 2.45) is 0 Å². The Hall–Kier alpha value is -2.47. The van der Waals surface area contributed by atoms with Gasteiger partial charge in [0.05, 0.1) is 14.2 Å². The van der Waals surface area contributed by atoms with Crippen LogP contribution in [0.25, 0.3) is 6.08 Å². The van der Waals surface area contributed by atoms with Crippen LogP contribution in [0.5, 0.6) is 11.5 Å². The van der Waals surface area contributed by atoms with Crippen molar-refractivity contribution in [1.82, 2.24) is 10.6 Å². The molecule has 2 N–H and O–H groups in total. The molecule has 0 aliphatic rings. The number of hydrogen-bond acceptors (Lipinski definition) is 3. The van der Waals surface area contributed by atoms with Gasteiger partial charge in [-0.15, -0.1) is 0 Å². The molecule has 5 nitrogen and oxygen atoms in total. The first-order chi connectivity index (χ1) is 12.1. The molecule has 2 rings (SSSR count). The Bertz CT molecular complexity index is 730. The van der Waals surface area contributed by atoms with Gasteiger partial charge in [-0.1, -0.05) is 34.1 Å². The number of hydrogen-bond donors (Lipinski definition) is 2. The van der Waals surface area contributed by atoms with Crippen molar-refractivity contribution in [1.29, 1.82) is 0 Å². The molecule has 25 heavy (non-hydrogen) atoms. The highest BCUT2D eigenvalue weighted by molar-refractivity contribution is 9.10. The molecule has 2 aromatic carbocycles.